The molecule has 0 aliphatic rings. The van der Waals surface area contributed by atoms with E-state index >= 15 is 0 Å². The summed E-state index contributed by atoms with van der Waals surface area (Å²) < 4.78 is 0. The molecule has 71 valence electrons. The normalized spacial score (nSPS) is 10.7. The van der Waals surface area contributed by atoms with Gasteiger partial charge in [0.05, 0.1) is 5.52 Å². The summed E-state index contributed by atoms with van der Waals surface area (Å²) in [6.07, 6.45) is 1.97. The van der Waals surface area contributed by atoms with Crippen LogP contribution in [0.5, 0.6) is 0 Å². The highest BCUT2D eigenvalue weighted by atomic mass is 14.7. The maximum Gasteiger partial charge on any atom is 0.0533 e. The first-order valence-electron chi connectivity index (χ1n) is 4.98. The van der Waals surface area contributed by atoms with Crippen molar-refractivity contribution in [3.8, 4) is 11.1 Å². The number of hydrogen-bond donors (Lipinski definition) is 1. The van der Waals surface area contributed by atoms with E-state index in [9.17, 15) is 0 Å². The van der Waals surface area contributed by atoms with Crippen molar-refractivity contribution in [2.75, 3.05) is 0 Å². The number of aromatic nitrogens is 1. The molecule has 3 rings (SSSR count). The van der Waals surface area contributed by atoms with Gasteiger partial charge >= 0.3 is 0 Å². The lowest BCUT2D eigenvalue weighted by atomic mass is 10.0. The lowest BCUT2D eigenvalue weighted by Gasteiger charge is -2.02. The van der Waals surface area contributed by atoms with E-state index in [1.165, 1.54) is 16.5 Å². The molecule has 1 heteroatoms. The van der Waals surface area contributed by atoms with Crippen LogP contribution in [0.25, 0.3) is 22.0 Å². The fraction of sp³-hybridized carbons (Fsp3) is 0. The van der Waals surface area contributed by atoms with Gasteiger partial charge in [-0.1, -0.05) is 42.5 Å². The van der Waals surface area contributed by atoms with Gasteiger partial charge in [-0.15, -0.1) is 0 Å². The molecule has 0 aliphatic carbocycles. The Labute approximate surface area is 88.4 Å². The van der Waals surface area contributed by atoms with E-state index in [0.717, 1.165) is 5.56 Å². The van der Waals surface area contributed by atoms with E-state index < -0.39 is 0 Å². The number of rotatable bonds is 1. The monoisotopic (exact) mass is 192 g/mol. The van der Waals surface area contributed by atoms with Crippen LogP contribution in [0.4, 0.5) is 0 Å². The lowest BCUT2D eigenvalue weighted by Crippen LogP contribution is -1.79. The molecule has 0 fully saturated rings. The molecular formula is C14H10N. The van der Waals surface area contributed by atoms with Crippen LogP contribution in [0.2, 0.25) is 0 Å². The number of H-pyrrole nitrogens is 1. The smallest absolute Gasteiger partial charge is 0.0533 e. The van der Waals surface area contributed by atoms with Crippen LogP contribution >= 0.6 is 0 Å². The molecule has 0 saturated heterocycles. The zero-order valence-electron chi connectivity index (χ0n) is 8.20. The molecule has 1 radical (unpaired) electrons. The van der Waals surface area contributed by atoms with Gasteiger partial charge in [-0.3, -0.25) is 0 Å². The van der Waals surface area contributed by atoms with Crippen LogP contribution in [0.1, 0.15) is 0 Å². The van der Waals surface area contributed by atoms with E-state index in [4.69, 9.17) is 0 Å². The van der Waals surface area contributed by atoms with E-state index in [2.05, 4.69) is 41.4 Å². The van der Waals surface area contributed by atoms with E-state index in [1.54, 1.807) is 0 Å². The zero-order chi connectivity index (χ0) is 10.1. The summed E-state index contributed by atoms with van der Waals surface area (Å²) in [6.45, 7) is 0. The average molecular weight is 192 g/mol. The molecule has 1 nitrogen and oxygen atoms in total. The van der Waals surface area contributed by atoms with Crippen molar-refractivity contribution in [1.82, 2.24) is 4.98 Å². The maximum atomic E-state index is 3.27. The Balaban J connectivity index is 2.31. The second-order valence-corrected chi connectivity index (χ2v) is 3.52. The van der Waals surface area contributed by atoms with Crippen molar-refractivity contribution in [3.63, 3.8) is 0 Å². The largest absolute Gasteiger partial charge is 0.361 e. The third-order valence-corrected chi connectivity index (χ3v) is 2.59. The van der Waals surface area contributed by atoms with Crippen LogP contribution in [-0.2, 0) is 0 Å². The Bertz CT molecular complexity index is 578. The van der Waals surface area contributed by atoms with Crippen molar-refractivity contribution in [3.05, 3.63) is 60.8 Å². The minimum absolute atomic E-state index is 1.13. The Kier molecular flexibility index (Phi) is 1.82. The molecule has 0 amide bonds. The minimum atomic E-state index is 1.13. The third kappa shape index (κ3) is 1.33. The highest BCUT2D eigenvalue weighted by Crippen LogP contribution is 2.26. The highest BCUT2D eigenvalue weighted by molar-refractivity contribution is 5.93. The maximum absolute atomic E-state index is 3.27. The standard InChI is InChI=1S/C14H10N/c1-2-5-11(6-3-1)13-8-4-7-12-9-10-15-14(12)13/h1-5,7-10,15H. The Morgan fingerprint density at radius 1 is 0.933 bits per heavy atom. The van der Waals surface area contributed by atoms with Gasteiger partial charge in [0.25, 0.3) is 0 Å². The van der Waals surface area contributed by atoms with Crippen LogP contribution in [-0.4, -0.2) is 4.98 Å². The van der Waals surface area contributed by atoms with Gasteiger partial charge in [0.15, 0.2) is 0 Å². The molecule has 0 saturated carbocycles. The topological polar surface area (TPSA) is 15.8 Å². The van der Waals surface area contributed by atoms with E-state index in [0.29, 0.717) is 0 Å². The molecule has 1 aromatic heterocycles. The molecule has 0 aliphatic heterocycles. The minimum Gasteiger partial charge on any atom is -0.361 e. The number of para-hydroxylation sites is 1. The first-order valence-corrected chi connectivity index (χ1v) is 4.98. The lowest BCUT2D eigenvalue weighted by molar-refractivity contribution is 1.47. The summed E-state index contributed by atoms with van der Waals surface area (Å²) in [4.78, 5) is 3.27. The SMILES string of the molecule is [c]1ccccc1-c1cccc2cc[nH]c12. The average Bonchev–Trinajstić information content (AvgIpc) is 2.78. The summed E-state index contributed by atoms with van der Waals surface area (Å²) >= 11 is 0. The molecule has 15 heavy (non-hydrogen) atoms. The molecule has 3 aromatic rings. The van der Waals surface area contributed by atoms with Gasteiger partial charge in [-0.2, -0.15) is 0 Å². The molecular weight excluding hydrogens is 182 g/mol. The van der Waals surface area contributed by atoms with Gasteiger partial charge < -0.3 is 4.98 Å². The van der Waals surface area contributed by atoms with Crippen LogP contribution in [0.15, 0.2) is 54.7 Å². The highest BCUT2D eigenvalue weighted by Gasteiger charge is 2.02. The van der Waals surface area contributed by atoms with E-state index in [-0.39, 0.29) is 0 Å². The quantitative estimate of drug-likeness (QED) is 0.606. The van der Waals surface area contributed by atoms with Crippen LogP contribution in [0, 0.1) is 6.07 Å². The van der Waals surface area contributed by atoms with Gasteiger partial charge in [0, 0.05) is 11.8 Å². The number of benzene rings is 2. The number of aromatic amines is 1. The van der Waals surface area contributed by atoms with Crippen molar-refractivity contribution in [2.24, 2.45) is 0 Å². The summed E-state index contributed by atoms with van der Waals surface area (Å²) in [6, 6.07) is 19.7. The van der Waals surface area contributed by atoms with Gasteiger partial charge in [-0.05, 0) is 23.1 Å². The van der Waals surface area contributed by atoms with Crippen LogP contribution < -0.4 is 0 Å². The van der Waals surface area contributed by atoms with Crippen LogP contribution in [0.3, 0.4) is 0 Å². The molecule has 2 aromatic carbocycles. The number of hydrogen-bond acceptors (Lipinski definition) is 0. The first kappa shape index (κ1) is 8.30. The second kappa shape index (κ2) is 3.28. The van der Waals surface area contributed by atoms with Crippen molar-refractivity contribution >= 4 is 10.9 Å². The predicted molar refractivity (Wildman–Crippen MR) is 62.6 cm³/mol. The molecule has 1 N–H and O–H groups in total. The Morgan fingerprint density at radius 3 is 2.80 bits per heavy atom. The summed E-state index contributed by atoms with van der Waals surface area (Å²) in [5, 5.41) is 1.24. The summed E-state index contributed by atoms with van der Waals surface area (Å²) in [7, 11) is 0. The Hall–Kier alpha value is -2.02. The van der Waals surface area contributed by atoms with Crippen molar-refractivity contribution in [2.45, 2.75) is 0 Å². The van der Waals surface area contributed by atoms with Crippen molar-refractivity contribution < 1.29 is 0 Å². The van der Waals surface area contributed by atoms with Gasteiger partial charge in [-0.25, -0.2) is 0 Å². The number of nitrogens with one attached hydrogen (secondary N) is 1. The molecule has 1 heterocycles. The molecule has 0 unspecified atom stereocenters. The number of fused-ring (bicyclic) bond motifs is 1. The Morgan fingerprint density at radius 2 is 1.93 bits per heavy atom. The predicted octanol–water partition coefficient (Wildman–Crippen LogP) is 3.64. The molecule has 0 spiro atoms. The zero-order valence-corrected chi connectivity index (χ0v) is 8.20. The van der Waals surface area contributed by atoms with Gasteiger partial charge in [0.2, 0.25) is 0 Å². The van der Waals surface area contributed by atoms with E-state index in [1.807, 2.05) is 24.4 Å². The fourth-order valence-electron chi connectivity index (χ4n) is 1.87. The second-order valence-electron chi connectivity index (χ2n) is 3.52. The van der Waals surface area contributed by atoms with Gasteiger partial charge in [0.1, 0.15) is 0 Å². The summed E-state index contributed by atoms with van der Waals surface area (Å²) in [5.74, 6) is 0. The molecule has 0 atom stereocenters. The fourth-order valence-corrected chi connectivity index (χ4v) is 1.87. The summed E-state index contributed by atoms with van der Waals surface area (Å²) in [5.41, 5.74) is 3.52. The third-order valence-electron chi connectivity index (χ3n) is 2.59. The molecule has 0 bridgehead atoms. The van der Waals surface area contributed by atoms with Crippen molar-refractivity contribution in [1.29, 1.82) is 0 Å². The first-order chi connectivity index (χ1) is 7.45.